The number of rotatable bonds is 6. The van der Waals surface area contributed by atoms with Gasteiger partial charge in [0.15, 0.2) is 0 Å². The molecule has 2 N–H and O–H groups in total. The van der Waals surface area contributed by atoms with Crippen LogP contribution in [-0.2, 0) is 4.79 Å². The van der Waals surface area contributed by atoms with Crippen LogP contribution < -0.4 is 0 Å². The van der Waals surface area contributed by atoms with Crippen LogP contribution in [0, 0.1) is 11.3 Å². The van der Waals surface area contributed by atoms with Crippen molar-refractivity contribution < 1.29 is 15.0 Å². The number of carbonyl (C=O) groups is 1. The molecule has 1 aromatic rings. The van der Waals surface area contributed by atoms with E-state index in [1.165, 1.54) is 0 Å². The molecule has 0 aliphatic heterocycles. The monoisotopic (exact) mass is 345 g/mol. The van der Waals surface area contributed by atoms with Crippen LogP contribution in [0.25, 0.3) is 0 Å². The minimum Gasteiger partial charge on any atom is -0.396 e. The maximum Gasteiger partial charge on any atom is 0.226 e. The van der Waals surface area contributed by atoms with Gasteiger partial charge in [-0.2, -0.15) is 0 Å². The highest BCUT2D eigenvalue weighted by molar-refractivity contribution is 6.42. The molecule has 2 atom stereocenters. The Morgan fingerprint density at radius 1 is 1.36 bits per heavy atom. The number of aliphatic hydroxyl groups excluding tert-OH is 2. The summed E-state index contributed by atoms with van der Waals surface area (Å²) in [5, 5.41) is 19.7. The van der Waals surface area contributed by atoms with Crippen LogP contribution in [0.5, 0.6) is 0 Å². The van der Waals surface area contributed by atoms with Gasteiger partial charge in [0.25, 0.3) is 0 Å². The predicted molar refractivity (Wildman–Crippen MR) is 87.2 cm³/mol. The Hall–Kier alpha value is -0.810. The van der Waals surface area contributed by atoms with E-state index in [0.29, 0.717) is 16.6 Å². The van der Waals surface area contributed by atoms with Crippen LogP contribution >= 0.6 is 23.2 Å². The first-order valence-corrected chi connectivity index (χ1v) is 7.99. The van der Waals surface area contributed by atoms with Crippen molar-refractivity contribution in [2.75, 3.05) is 26.8 Å². The fraction of sp³-hybridized carbons (Fsp3) is 0.562. The lowest BCUT2D eigenvalue weighted by Gasteiger charge is -2.30. The van der Waals surface area contributed by atoms with Gasteiger partial charge in [0.05, 0.1) is 23.3 Å². The van der Waals surface area contributed by atoms with Crippen molar-refractivity contribution in [2.45, 2.75) is 19.3 Å². The van der Waals surface area contributed by atoms with Gasteiger partial charge in [-0.3, -0.25) is 4.79 Å². The van der Waals surface area contributed by atoms with Crippen LogP contribution in [0.3, 0.4) is 0 Å². The van der Waals surface area contributed by atoms with Crippen LogP contribution in [0.1, 0.15) is 24.8 Å². The van der Waals surface area contributed by atoms with Crippen molar-refractivity contribution >= 4 is 29.1 Å². The molecule has 22 heavy (non-hydrogen) atoms. The van der Waals surface area contributed by atoms with E-state index in [1.807, 2.05) is 12.1 Å². The zero-order valence-corrected chi connectivity index (χ0v) is 14.2. The summed E-state index contributed by atoms with van der Waals surface area (Å²) in [4.78, 5) is 14.1. The Balaban J connectivity index is 2.03. The summed E-state index contributed by atoms with van der Waals surface area (Å²) in [6.45, 7) is 1.71. The van der Waals surface area contributed by atoms with Gasteiger partial charge in [-0.25, -0.2) is 0 Å². The van der Waals surface area contributed by atoms with Crippen molar-refractivity contribution in [3.05, 3.63) is 33.8 Å². The first kappa shape index (κ1) is 17.5. The molecule has 0 heterocycles. The molecule has 0 bridgehead atoms. The average Bonchev–Trinajstić information content (AvgIpc) is 3.29. The Morgan fingerprint density at radius 2 is 2.00 bits per heavy atom. The topological polar surface area (TPSA) is 60.8 Å². The van der Waals surface area contributed by atoms with E-state index in [0.717, 1.165) is 12.0 Å². The molecule has 4 nitrogen and oxygen atoms in total. The van der Waals surface area contributed by atoms with Crippen molar-refractivity contribution in [1.82, 2.24) is 4.90 Å². The summed E-state index contributed by atoms with van der Waals surface area (Å²) in [5.41, 5.74) is 0.218. The van der Waals surface area contributed by atoms with Gasteiger partial charge in [-0.15, -0.1) is 0 Å². The van der Waals surface area contributed by atoms with Crippen LogP contribution in [0.15, 0.2) is 18.2 Å². The van der Waals surface area contributed by atoms with Gasteiger partial charge in [0.2, 0.25) is 5.91 Å². The minimum absolute atomic E-state index is 0.00849. The summed E-state index contributed by atoms with van der Waals surface area (Å²) in [5.74, 6) is -0.00701. The third-order valence-electron chi connectivity index (χ3n) is 4.25. The van der Waals surface area contributed by atoms with Crippen molar-refractivity contribution in [3.63, 3.8) is 0 Å². The Bertz CT molecular complexity index is 560. The number of nitrogens with zero attached hydrogens (tertiary/aromatic N) is 1. The van der Waals surface area contributed by atoms with E-state index in [-0.39, 0.29) is 31.0 Å². The molecule has 2 rings (SSSR count). The quantitative estimate of drug-likeness (QED) is 0.832. The van der Waals surface area contributed by atoms with Crippen LogP contribution in [0.2, 0.25) is 10.0 Å². The molecule has 1 saturated carbocycles. The van der Waals surface area contributed by atoms with Crippen molar-refractivity contribution in [3.8, 4) is 0 Å². The van der Waals surface area contributed by atoms with Gasteiger partial charge >= 0.3 is 0 Å². The standard InChI is InChI=1S/C16H21Cl2NO3/c1-16(8-20,9-21)7-19(2)15(22)12-6-11(12)10-4-3-5-13(17)14(10)18/h3-5,11-12,20-21H,6-9H2,1-2H3. The zero-order chi connectivity index (χ0) is 16.5. The molecule has 2 unspecified atom stereocenters. The zero-order valence-electron chi connectivity index (χ0n) is 12.7. The third kappa shape index (κ3) is 3.57. The number of benzene rings is 1. The number of hydrogen-bond acceptors (Lipinski definition) is 3. The van der Waals surface area contributed by atoms with E-state index in [1.54, 1.807) is 24.9 Å². The molecular formula is C16H21Cl2NO3. The molecule has 1 aliphatic rings. The Labute approximate surface area is 140 Å². The first-order valence-electron chi connectivity index (χ1n) is 7.23. The molecule has 1 amide bonds. The third-order valence-corrected chi connectivity index (χ3v) is 5.08. The highest BCUT2D eigenvalue weighted by Gasteiger charge is 2.46. The molecule has 1 fully saturated rings. The fourth-order valence-corrected chi connectivity index (χ4v) is 3.15. The molecule has 6 heteroatoms. The number of amides is 1. The Morgan fingerprint density at radius 3 is 2.59 bits per heavy atom. The highest BCUT2D eigenvalue weighted by Crippen LogP contribution is 2.51. The maximum absolute atomic E-state index is 12.5. The Kier molecular flexibility index (Phi) is 5.38. The molecule has 0 saturated heterocycles. The predicted octanol–water partition coefficient (Wildman–Crippen LogP) is 2.55. The highest BCUT2D eigenvalue weighted by atomic mass is 35.5. The number of aliphatic hydroxyl groups is 2. The SMILES string of the molecule is CN(CC(C)(CO)CO)C(=O)C1CC1c1cccc(Cl)c1Cl. The fourth-order valence-electron chi connectivity index (χ4n) is 2.70. The van der Waals surface area contributed by atoms with Gasteiger partial charge in [-0.05, 0) is 24.0 Å². The van der Waals surface area contributed by atoms with Gasteiger partial charge in [0, 0.05) is 24.9 Å². The second-order valence-electron chi connectivity index (χ2n) is 6.41. The molecule has 122 valence electrons. The molecular weight excluding hydrogens is 325 g/mol. The molecule has 0 radical (unpaired) electrons. The normalized spacial score (nSPS) is 20.8. The largest absolute Gasteiger partial charge is 0.396 e. The van der Waals surface area contributed by atoms with Crippen molar-refractivity contribution in [2.24, 2.45) is 11.3 Å². The van der Waals surface area contributed by atoms with E-state index in [2.05, 4.69) is 0 Å². The van der Waals surface area contributed by atoms with E-state index >= 15 is 0 Å². The summed E-state index contributed by atoms with van der Waals surface area (Å²) in [7, 11) is 1.70. The number of hydrogen-bond donors (Lipinski definition) is 2. The van der Waals surface area contributed by atoms with E-state index < -0.39 is 5.41 Å². The second kappa shape index (κ2) is 6.75. The van der Waals surface area contributed by atoms with E-state index in [4.69, 9.17) is 23.2 Å². The smallest absolute Gasteiger partial charge is 0.226 e. The average molecular weight is 346 g/mol. The molecule has 1 aromatic carbocycles. The molecule has 1 aliphatic carbocycles. The van der Waals surface area contributed by atoms with Crippen LogP contribution in [-0.4, -0.2) is 47.8 Å². The minimum atomic E-state index is -0.692. The lowest BCUT2D eigenvalue weighted by Crippen LogP contribution is -2.42. The summed E-state index contributed by atoms with van der Waals surface area (Å²) >= 11 is 12.2. The molecule has 0 aromatic heterocycles. The summed E-state index contributed by atoms with van der Waals surface area (Å²) in [6, 6.07) is 5.46. The van der Waals surface area contributed by atoms with Gasteiger partial charge in [-0.1, -0.05) is 42.3 Å². The number of carbonyl (C=O) groups excluding carboxylic acids is 1. The first-order chi connectivity index (χ1) is 10.3. The lowest BCUT2D eigenvalue weighted by molar-refractivity contribution is -0.133. The van der Waals surface area contributed by atoms with E-state index in [9.17, 15) is 15.0 Å². The number of halogens is 2. The molecule has 0 spiro atoms. The lowest BCUT2D eigenvalue weighted by atomic mass is 9.92. The van der Waals surface area contributed by atoms with Crippen LogP contribution in [0.4, 0.5) is 0 Å². The van der Waals surface area contributed by atoms with Gasteiger partial charge in [0.1, 0.15) is 0 Å². The second-order valence-corrected chi connectivity index (χ2v) is 7.20. The maximum atomic E-state index is 12.5. The van der Waals surface area contributed by atoms with Gasteiger partial charge < -0.3 is 15.1 Å². The summed E-state index contributed by atoms with van der Waals surface area (Å²) < 4.78 is 0. The van der Waals surface area contributed by atoms with Crippen molar-refractivity contribution in [1.29, 1.82) is 0 Å². The summed E-state index contributed by atoms with van der Waals surface area (Å²) in [6.07, 6.45) is 0.748.